The molecular formula is C20H21NO7. The first-order valence-electron chi connectivity index (χ1n) is 8.24. The number of carboxylic acid groups (broad SMARTS) is 1. The Morgan fingerprint density at radius 3 is 1.71 bits per heavy atom. The van der Waals surface area contributed by atoms with E-state index >= 15 is 0 Å². The van der Waals surface area contributed by atoms with Gasteiger partial charge in [0.1, 0.15) is 28.7 Å². The topological polar surface area (TPSA) is 111 Å². The van der Waals surface area contributed by atoms with Gasteiger partial charge >= 0.3 is 5.97 Å². The normalized spacial score (nSPS) is 9.86. The molecule has 0 fully saturated rings. The third kappa shape index (κ3) is 5.16. The molecule has 0 atom stereocenters. The number of carbonyl (C=O) groups is 2. The molecule has 2 N–H and O–H groups in total. The molecule has 2 aromatic heterocycles. The zero-order chi connectivity index (χ0) is 20.7. The number of para-hydroxylation sites is 1. The van der Waals surface area contributed by atoms with E-state index in [-0.39, 0.29) is 17.4 Å². The van der Waals surface area contributed by atoms with Gasteiger partial charge < -0.3 is 28.7 Å². The van der Waals surface area contributed by atoms with Crippen LogP contribution in [0.2, 0.25) is 0 Å². The third-order valence-corrected chi connectivity index (χ3v) is 3.58. The van der Waals surface area contributed by atoms with Gasteiger partial charge in [-0.1, -0.05) is 6.07 Å². The van der Waals surface area contributed by atoms with Gasteiger partial charge in [0.15, 0.2) is 5.76 Å². The monoisotopic (exact) mass is 387 g/mol. The maximum Gasteiger partial charge on any atom is 0.371 e. The number of anilines is 1. The van der Waals surface area contributed by atoms with Crippen molar-refractivity contribution >= 4 is 17.6 Å². The molecule has 8 heteroatoms. The number of methoxy groups -OCH3 is 2. The average molecular weight is 387 g/mol. The third-order valence-electron chi connectivity index (χ3n) is 3.58. The predicted octanol–water partition coefficient (Wildman–Crippen LogP) is 4.14. The van der Waals surface area contributed by atoms with Gasteiger partial charge in [0.05, 0.1) is 14.2 Å². The highest BCUT2D eigenvalue weighted by Crippen LogP contribution is 2.34. The van der Waals surface area contributed by atoms with Gasteiger partial charge in [-0.2, -0.15) is 0 Å². The summed E-state index contributed by atoms with van der Waals surface area (Å²) in [6.07, 6.45) is 0. The first-order chi connectivity index (χ1) is 13.3. The van der Waals surface area contributed by atoms with Crippen molar-refractivity contribution in [3.63, 3.8) is 0 Å². The highest BCUT2D eigenvalue weighted by atomic mass is 16.5. The number of amides is 1. The number of carbonyl (C=O) groups excluding carboxylic acids is 1. The maximum atomic E-state index is 12.0. The van der Waals surface area contributed by atoms with Crippen LogP contribution in [0.25, 0.3) is 0 Å². The van der Waals surface area contributed by atoms with Crippen molar-refractivity contribution in [2.24, 2.45) is 0 Å². The summed E-state index contributed by atoms with van der Waals surface area (Å²) in [5.74, 6) is 1.20. The van der Waals surface area contributed by atoms with E-state index in [0.29, 0.717) is 28.7 Å². The van der Waals surface area contributed by atoms with Crippen molar-refractivity contribution in [1.29, 1.82) is 0 Å². The summed E-state index contributed by atoms with van der Waals surface area (Å²) in [7, 11) is 3.06. The van der Waals surface area contributed by atoms with Crippen LogP contribution in [0.4, 0.5) is 5.69 Å². The number of hydrogen-bond donors (Lipinski definition) is 2. The summed E-state index contributed by atoms with van der Waals surface area (Å²) >= 11 is 0. The summed E-state index contributed by atoms with van der Waals surface area (Å²) in [5.41, 5.74) is 0.478. The minimum atomic E-state index is -1.02. The van der Waals surface area contributed by atoms with Crippen LogP contribution in [-0.2, 0) is 0 Å². The van der Waals surface area contributed by atoms with E-state index in [1.165, 1.54) is 20.3 Å². The van der Waals surface area contributed by atoms with Crippen LogP contribution < -0.4 is 14.8 Å². The summed E-state index contributed by atoms with van der Waals surface area (Å²) in [6, 6.07) is 11.7. The number of rotatable bonds is 5. The predicted molar refractivity (Wildman–Crippen MR) is 101 cm³/mol. The number of nitrogens with one attached hydrogen (secondary N) is 1. The molecule has 148 valence electrons. The van der Waals surface area contributed by atoms with E-state index < -0.39 is 5.97 Å². The molecule has 0 spiro atoms. The van der Waals surface area contributed by atoms with Gasteiger partial charge in [0.2, 0.25) is 5.76 Å². The molecule has 0 aliphatic carbocycles. The van der Waals surface area contributed by atoms with Crippen LogP contribution in [0.1, 0.15) is 32.6 Å². The Morgan fingerprint density at radius 2 is 1.36 bits per heavy atom. The average Bonchev–Trinajstić information content (AvgIpc) is 3.31. The van der Waals surface area contributed by atoms with Crippen LogP contribution in [0.15, 0.2) is 51.3 Å². The molecule has 0 aliphatic rings. The number of furan rings is 2. The van der Waals surface area contributed by atoms with Gasteiger partial charge in [0, 0.05) is 0 Å². The van der Waals surface area contributed by atoms with Crippen molar-refractivity contribution in [2.75, 3.05) is 19.5 Å². The Kier molecular flexibility index (Phi) is 6.86. The van der Waals surface area contributed by atoms with E-state index in [1.807, 2.05) is 0 Å². The standard InChI is InChI=1S/C14H15NO4.C6H6O3/c1-9-7-8-12(19-9)14(16)15-13-10(17-2)5-4-6-11(13)18-3;1-4-2-3-5(9-4)6(7)8/h4-8H,1-3H3,(H,15,16);2-3H,1H3,(H,7,8). The number of ether oxygens (including phenoxy) is 2. The van der Waals surface area contributed by atoms with Gasteiger partial charge in [-0.25, -0.2) is 4.79 Å². The molecule has 0 aliphatic heterocycles. The quantitative estimate of drug-likeness (QED) is 0.676. The minimum Gasteiger partial charge on any atom is -0.494 e. The van der Waals surface area contributed by atoms with Gasteiger partial charge in [0.25, 0.3) is 5.91 Å². The minimum absolute atomic E-state index is 0.00694. The Labute approximate surface area is 161 Å². The molecule has 3 aromatic rings. The molecule has 0 saturated heterocycles. The molecule has 8 nitrogen and oxygen atoms in total. The fraction of sp³-hybridized carbons (Fsp3) is 0.200. The maximum absolute atomic E-state index is 12.0. The molecule has 1 aromatic carbocycles. The van der Waals surface area contributed by atoms with E-state index in [0.717, 1.165) is 0 Å². The second-order valence-corrected chi connectivity index (χ2v) is 5.62. The van der Waals surface area contributed by atoms with E-state index in [2.05, 4.69) is 5.32 Å². The number of hydrogen-bond acceptors (Lipinski definition) is 6. The molecule has 2 heterocycles. The highest BCUT2D eigenvalue weighted by Gasteiger charge is 2.16. The molecule has 0 unspecified atom stereocenters. The lowest BCUT2D eigenvalue weighted by Crippen LogP contribution is -2.12. The SMILES string of the molecule is COc1cccc(OC)c1NC(=O)c1ccc(C)o1.Cc1ccc(C(=O)O)o1. The number of aromatic carboxylic acids is 1. The second kappa shape index (κ2) is 9.31. The lowest BCUT2D eigenvalue weighted by Gasteiger charge is -2.13. The summed E-state index contributed by atoms with van der Waals surface area (Å²) in [6.45, 7) is 3.48. The number of aryl methyl sites for hydroxylation is 2. The molecular weight excluding hydrogens is 366 g/mol. The number of carboxylic acids is 1. The molecule has 1 amide bonds. The van der Waals surface area contributed by atoms with Crippen LogP contribution in [-0.4, -0.2) is 31.2 Å². The summed E-state index contributed by atoms with van der Waals surface area (Å²) in [4.78, 5) is 22.2. The van der Waals surface area contributed by atoms with E-state index in [4.69, 9.17) is 23.4 Å². The van der Waals surface area contributed by atoms with Gasteiger partial charge in [-0.15, -0.1) is 0 Å². The van der Waals surface area contributed by atoms with Gasteiger partial charge in [-0.3, -0.25) is 4.79 Å². The van der Waals surface area contributed by atoms with Crippen molar-refractivity contribution < 1.29 is 33.0 Å². The van der Waals surface area contributed by atoms with Crippen molar-refractivity contribution in [3.05, 3.63) is 65.5 Å². The van der Waals surface area contributed by atoms with Crippen molar-refractivity contribution in [2.45, 2.75) is 13.8 Å². The summed E-state index contributed by atoms with van der Waals surface area (Å²) in [5, 5.41) is 11.0. The molecule has 28 heavy (non-hydrogen) atoms. The number of benzene rings is 1. The lowest BCUT2D eigenvalue weighted by molar-refractivity contribution is 0.0660. The van der Waals surface area contributed by atoms with Crippen LogP contribution in [0.5, 0.6) is 11.5 Å². The van der Waals surface area contributed by atoms with E-state index in [1.54, 1.807) is 50.2 Å². The molecule has 0 radical (unpaired) electrons. The Balaban J connectivity index is 0.000000261. The lowest BCUT2D eigenvalue weighted by atomic mass is 10.2. The molecule has 3 rings (SSSR count). The fourth-order valence-corrected chi connectivity index (χ4v) is 2.26. The first kappa shape index (κ1) is 20.6. The fourth-order valence-electron chi connectivity index (χ4n) is 2.26. The summed E-state index contributed by atoms with van der Waals surface area (Å²) < 4.78 is 20.4. The first-order valence-corrected chi connectivity index (χ1v) is 8.24. The molecule has 0 bridgehead atoms. The second-order valence-electron chi connectivity index (χ2n) is 5.62. The smallest absolute Gasteiger partial charge is 0.371 e. The zero-order valence-electron chi connectivity index (χ0n) is 15.9. The highest BCUT2D eigenvalue weighted by molar-refractivity contribution is 6.04. The Morgan fingerprint density at radius 1 is 0.857 bits per heavy atom. The van der Waals surface area contributed by atoms with Crippen molar-refractivity contribution in [3.8, 4) is 11.5 Å². The van der Waals surface area contributed by atoms with Gasteiger partial charge in [-0.05, 0) is 50.2 Å². The molecule has 0 saturated carbocycles. The van der Waals surface area contributed by atoms with Crippen LogP contribution in [0, 0.1) is 13.8 Å². The van der Waals surface area contributed by atoms with E-state index in [9.17, 15) is 9.59 Å². The Bertz CT molecular complexity index is 933. The van der Waals surface area contributed by atoms with Crippen LogP contribution in [0.3, 0.4) is 0 Å². The Hall–Kier alpha value is -3.68. The van der Waals surface area contributed by atoms with Crippen molar-refractivity contribution in [1.82, 2.24) is 0 Å². The zero-order valence-corrected chi connectivity index (χ0v) is 15.9. The largest absolute Gasteiger partial charge is 0.494 e. The van der Waals surface area contributed by atoms with Crippen LogP contribution >= 0.6 is 0 Å².